The first-order chi connectivity index (χ1) is 32.7. The van der Waals surface area contributed by atoms with Gasteiger partial charge in [0.25, 0.3) is 30.4 Å². The van der Waals surface area contributed by atoms with Crippen molar-refractivity contribution in [3.8, 4) is 0 Å². The van der Waals surface area contributed by atoms with E-state index in [-0.39, 0.29) is 35.7 Å². The Morgan fingerprint density at radius 1 is 0.667 bits per heavy atom. The van der Waals surface area contributed by atoms with Gasteiger partial charge in [-0.3, -0.25) is 18.5 Å². The van der Waals surface area contributed by atoms with Crippen molar-refractivity contribution in [1.29, 1.82) is 0 Å². The summed E-state index contributed by atoms with van der Waals surface area (Å²) in [7, 11) is -11.8. The predicted molar refractivity (Wildman–Crippen MR) is 259 cm³/mol. The largest absolute Gasteiger partial charge is 0.481 e. The highest BCUT2D eigenvalue weighted by molar-refractivity contribution is 7.86. The fourth-order valence-electron chi connectivity index (χ4n) is 8.58. The minimum atomic E-state index is -4.61. The molecule has 0 amide bonds. The number of hydrogen-bond acceptors (Lipinski definition) is 14. The Morgan fingerprint density at radius 2 is 1.22 bits per heavy atom. The van der Waals surface area contributed by atoms with E-state index < -0.39 is 52.9 Å². The third-order valence-corrected chi connectivity index (χ3v) is 14.6. The van der Waals surface area contributed by atoms with Gasteiger partial charge in [0.2, 0.25) is 5.69 Å². The van der Waals surface area contributed by atoms with Gasteiger partial charge in [0.05, 0.1) is 87.0 Å². The van der Waals surface area contributed by atoms with Crippen molar-refractivity contribution in [2.75, 3.05) is 104 Å². The first kappa shape index (κ1) is 57.7. The van der Waals surface area contributed by atoms with Gasteiger partial charge in [-0.05, 0) is 94.8 Å². The Hall–Kier alpha value is -3.91. The van der Waals surface area contributed by atoms with Gasteiger partial charge in [-0.15, -0.1) is 0 Å². The number of nitrogens with zero attached hydrogens (tertiary/aromatic N) is 2. The van der Waals surface area contributed by atoms with Crippen LogP contribution in [0.15, 0.2) is 82.3 Å². The van der Waals surface area contributed by atoms with Gasteiger partial charge in [0.1, 0.15) is 6.54 Å². The smallest absolute Gasteiger partial charge is 0.303 e. The first-order valence-electron chi connectivity index (χ1n) is 22.9. The number of fused-ring (bicyclic) bond motifs is 2. The van der Waals surface area contributed by atoms with Crippen LogP contribution in [0.5, 0.6) is 0 Å². The van der Waals surface area contributed by atoms with E-state index in [1.165, 1.54) is 24.3 Å². The quantitative estimate of drug-likeness (QED) is 0.0281. The number of rotatable bonds is 34. The molecule has 0 fully saturated rings. The SMILES string of the molecule is CCN1/C(=C/C=C/C=C/C2=[N+](CCCCCC(=O)O)c3ccc(S(=O)(=O)O)cc3C2(C)CCCS(=O)(=O)O)C(C)(CCOCCOCCOCCOCCOCCOC)c2cc(S(=O)(=O)O)ccc21. The van der Waals surface area contributed by atoms with E-state index in [0.717, 1.165) is 11.4 Å². The Labute approximate surface area is 407 Å². The number of carboxylic acids is 1. The average molecular weight is 1030 g/mol. The highest BCUT2D eigenvalue weighted by Gasteiger charge is 2.48. The van der Waals surface area contributed by atoms with Crippen LogP contribution in [-0.2, 0) is 74.4 Å². The summed E-state index contributed by atoms with van der Waals surface area (Å²) < 4.78 is 137. The lowest BCUT2D eigenvalue weighted by Gasteiger charge is -2.30. The molecule has 0 aliphatic carbocycles. The zero-order valence-corrected chi connectivity index (χ0v) is 42.4. The Bertz CT molecular complexity index is 2490. The van der Waals surface area contributed by atoms with E-state index in [4.69, 9.17) is 33.5 Å². The van der Waals surface area contributed by atoms with Crippen LogP contribution < -0.4 is 4.90 Å². The molecule has 2 aromatic rings. The molecule has 22 heteroatoms. The van der Waals surface area contributed by atoms with E-state index in [1.807, 2.05) is 43.6 Å². The molecule has 0 radical (unpaired) electrons. The third-order valence-electron chi connectivity index (χ3n) is 12.1. The number of unbranched alkanes of at least 4 members (excludes halogenated alkanes) is 2. The van der Waals surface area contributed by atoms with Gasteiger partial charge in [-0.25, -0.2) is 0 Å². The molecule has 2 atom stereocenters. The maximum Gasteiger partial charge on any atom is 0.303 e. The summed E-state index contributed by atoms with van der Waals surface area (Å²) in [6.45, 7) is 11.3. The fourth-order valence-corrected chi connectivity index (χ4v) is 10.1. The summed E-state index contributed by atoms with van der Waals surface area (Å²) >= 11 is 0. The van der Waals surface area contributed by atoms with Crippen LogP contribution in [0.3, 0.4) is 0 Å². The first-order valence-corrected chi connectivity index (χ1v) is 27.4. The number of carbonyl (C=O) groups is 1. The van der Waals surface area contributed by atoms with E-state index in [1.54, 1.807) is 31.4 Å². The van der Waals surface area contributed by atoms with Gasteiger partial charge in [0.15, 0.2) is 5.71 Å². The second kappa shape index (κ2) is 27.1. The van der Waals surface area contributed by atoms with E-state index in [0.29, 0.717) is 127 Å². The number of likely N-dealkylation sites (N-methyl/N-ethyl adjacent to an activating group) is 1. The lowest BCUT2D eigenvalue weighted by Crippen LogP contribution is -2.32. The van der Waals surface area contributed by atoms with Gasteiger partial charge >= 0.3 is 5.97 Å². The molecular weight excluding hydrogens is 961 g/mol. The minimum Gasteiger partial charge on any atom is -0.481 e. The maximum absolute atomic E-state index is 12.3. The van der Waals surface area contributed by atoms with E-state index in [2.05, 4.69) is 4.90 Å². The molecule has 19 nitrogen and oxygen atoms in total. The summed E-state index contributed by atoms with van der Waals surface area (Å²) in [5.41, 5.74) is 2.40. The zero-order valence-electron chi connectivity index (χ0n) is 39.9. The number of benzene rings is 2. The van der Waals surface area contributed by atoms with Crippen LogP contribution in [0.2, 0.25) is 0 Å². The molecule has 2 unspecified atom stereocenters. The molecule has 0 saturated heterocycles. The standard InChI is InChI=1S/C47H68N2O17S3/c1-5-48-41-18-16-37(68(55,56)57)35-39(41)47(3,21-23-62-26-27-64-30-31-66-33-32-65-29-28-63-25-24-61-4)43(48)13-8-6-9-14-44-46(2,20-12-34-67(52,53)54)40-36-38(69(58,59)60)17-19-42(40)49(44)22-11-7-10-15-45(50)51/h6,8-9,13-14,16-19,35-36H,5,7,10-12,15,20-34H2,1-4H3,(H3-,50,51,52,53,54,55,56,57,58,59,60)/p+1. The van der Waals surface area contributed by atoms with Gasteiger partial charge in [0, 0.05) is 67.6 Å². The summed E-state index contributed by atoms with van der Waals surface area (Å²) in [5.74, 6) is -1.44. The molecule has 4 N–H and O–H groups in total. The normalized spacial score (nSPS) is 19.2. The molecular formula is C47H69N2O17S3+. The average Bonchev–Trinajstić information content (AvgIpc) is 3.65. The van der Waals surface area contributed by atoms with Crippen LogP contribution in [0.25, 0.3) is 0 Å². The molecule has 4 rings (SSSR count). The Kier molecular flexibility index (Phi) is 22.6. The van der Waals surface area contributed by atoms with Gasteiger partial charge in [-0.2, -0.15) is 29.8 Å². The molecule has 2 aromatic carbocycles. The molecule has 2 aliphatic heterocycles. The molecule has 2 aliphatic rings. The zero-order chi connectivity index (χ0) is 50.7. The van der Waals surface area contributed by atoms with Crippen molar-refractivity contribution in [3.63, 3.8) is 0 Å². The molecule has 0 spiro atoms. The van der Waals surface area contributed by atoms with Gasteiger partial charge in [-0.1, -0.05) is 18.2 Å². The maximum atomic E-state index is 12.3. The highest BCUT2D eigenvalue weighted by atomic mass is 32.2. The number of carboxylic acid groups (broad SMARTS) is 1. The predicted octanol–water partition coefficient (Wildman–Crippen LogP) is 5.76. The fraction of sp³-hybridized carbons (Fsp3) is 0.574. The number of aliphatic carboxylic acids is 1. The number of hydrogen-bond donors (Lipinski definition) is 4. The second-order valence-corrected chi connectivity index (χ2v) is 21.4. The van der Waals surface area contributed by atoms with E-state index >= 15 is 0 Å². The van der Waals surface area contributed by atoms with Crippen molar-refractivity contribution in [2.45, 2.75) is 86.3 Å². The van der Waals surface area contributed by atoms with Crippen LogP contribution in [0, 0.1) is 0 Å². The molecule has 0 aromatic heterocycles. The van der Waals surface area contributed by atoms with Crippen LogP contribution in [0.1, 0.15) is 76.8 Å². The molecule has 0 saturated carbocycles. The lowest BCUT2D eigenvalue weighted by atomic mass is 9.76. The van der Waals surface area contributed by atoms with Crippen molar-refractivity contribution >= 4 is 53.4 Å². The monoisotopic (exact) mass is 1030 g/mol. The second-order valence-electron chi connectivity index (χ2n) is 16.9. The van der Waals surface area contributed by atoms with Crippen LogP contribution >= 0.6 is 0 Å². The minimum absolute atomic E-state index is 0.00404. The lowest BCUT2D eigenvalue weighted by molar-refractivity contribution is -0.438. The van der Waals surface area contributed by atoms with Crippen molar-refractivity contribution in [2.24, 2.45) is 0 Å². The van der Waals surface area contributed by atoms with Crippen molar-refractivity contribution in [1.82, 2.24) is 0 Å². The summed E-state index contributed by atoms with van der Waals surface area (Å²) in [4.78, 5) is 12.7. The molecule has 69 heavy (non-hydrogen) atoms. The van der Waals surface area contributed by atoms with Crippen LogP contribution in [-0.4, -0.2) is 159 Å². The summed E-state index contributed by atoms with van der Waals surface area (Å²) in [5, 5.41) is 9.16. The van der Waals surface area contributed by atoms with Crippen LogP contribution in [0.4, 0.5) is 11.4 Å². The topological polar surface area (TPSA) is 262 Å². The highest BCUT2D eigenvalue weighted by Crippen LogP contribution is 2.51. The number of allylic oxidation sites excluding steroid dienone is 6. The summed E-state index contributed by atoms with van der Waals surface area (Å²) in [6, 6.07) is 8.78. The molecule has 2 heterocycles. The molecule has 386 valence electrons. The van der Waals surface area contributed by atoms with Crippen molar-refractivity contribution < 1.29 is 81.8 Å². The van der Waals surface area contributed by atoms with E-state index in [9.17, 15) is 43.7 Å². The Morgan fingerprint density at radius 3 is 1.75 bits per heavy atom. The summed E-state index contributed by atoms with van der Waals surface area (Å²) in [6.07, 6.45) is 11.4. The van der Waals surface area contributed by atoms with Gasteiger partial charge < -0.3 is 38.4 Å². The number of methoxy groups -OCH3 is 1. The number of ether oxygens (including phenoxy) is 6. The molecule has 0 bridgehead atoms. The number of anilines is 1. The van der Waals surface area contributed by atoms with Crippen molar-refractivity contribution in [3.05, 3.63) is 83.6 Å². The Balaban J connectivity index is 1.54. The third kappa shape index (κ3) is 17.1.